The van der Waals surface area contributed by atoms with Crippen LogP contribution in [0.3, 0.4) is 0 Å². The summed E-state index contributed by atoms with van der Waals surface area (Å²) in [5.41, 5.74) is 1.12. The summed E-state index contributed by atoms with van der Waals surface area (Å²) < 4.78 is 17.2. The number of rotatable bonds is 9. The van der Waals surface area contributed by atoms with Gasteiger partial charge in [-0.15, -0.1) is 11.3 Å². The summed E-state index contributed by atoms with van der Waals surface area (Å²) >= 11 is 1.71. The minimum atomic E-state index is -0.235. The predicted octanol–water partition coefficient (Wildman–Crippen LogP) is 3.86. The molecule has 2 aliphatic heterocycles. The van der Waals surface area contributed by atoms with Gasteiger partial charge in [-0.2, -0.15) is 0 Å². The lowest BCUT2D eigenvalue weighted by atomic mass is 10.0. The van der Waals surface area contributed by atoms with Crippen LogP contribution in [-0.4, -0.2) is 73.8 Å². The Morgan fingerprint density at radius 1 is 1.29 bits per heavy atom. The number of nitrogens with zero attached hydrogens (tertiary/aromatic N) is 2. The topological polar surface area (TPSA) is 80.3 Å². The monoisotopic (exact) mass is 501 g/mol. The van der Waals surface area contributed by atoms with Crippen molar-refractivity contribution >= 4 is 23.3 Å². The lowest BCUT2D eigenvalue weighted by molar-refractivity contribution is -0.135. The van der Waals surface area contributed by atoms with Gasteiger partial charge in [0, 0.05) is 36.7 Å². The van der Waals surface area contributed by atoms with Crippen molar-refractivity contribution in [2.75, 3.05) is 40.0 Å². The number of fused-ring (bicyclic) bond motifs is 1. The van der Waals surface area contributed by atoms with Crippen LogP contribution in [0.1, 0.15) is 43.2 Å². The molecule has 1 aromatic heterocycles. The molecule has 2 aliphatic rings. The number of hydrogen-bond donors (Lipinski definition) is 1. The van der Waals surface area contributed by atoms with E-state index in [-0.39, 0.29) is 36.7 Å². The maximum absolute atomic E-state index is 13.6. The summed E-state index contributed by atoms with van der Waals surface area (Å²) in [4.78, 5) is 31.3. The Bertz CT molecular complexity index is 1000. The van der Waals surface area contributed by atoms with E-state index in [4.69, 9.17) is 14.2 Å². The molecule has 0 radical (unpaired) electrons. The van der Waals surface area contributed by atoms with Gasteiger partial charge in [-0.3, -0.25) is 4.79 Å². The molecule has 9 heteroatoms. The second kappa shape index (κ2) is 11.8. The first-order valence-electron chi connectivity index (χ1n) is 12.2. The zero-order valence-corrected chi connectivity index (χ0v) is 21.5. The largest absolute Gasteiger partial charge is 0.497 e. The molecule has 0 saturated carbocycles. The van der Waals surface area contributed by atoms with E-state index in [1.807, 2.05) is 43.0 Å². The Morgan fingerprint density at radius 3 is 2.86 bits per heavy atom. The Morgan fingerprint density at radius 2 is 2.11 bits per heavy atom. The van der Waals surface area contributed by atoms with E-state index in [1.54, 1.807) is 23.3 Å². The molecule has 1 saturated heterocycles. The average molecular weight is 502 g/mol. The van der Waals surface area contributed by atoms with E-state index in [0.29, 0.717) is 32.1 Å². The summed E-state index contributed by atoms with van der Waals surface area (Å²) in [5, 5.41) is 5.00. The van der Waals surface area contributed by atoms with E-state index in [0.717, 1.165) is 30.6 Å². The van der Waals surface area contributed by atoms with Crippen LogP contribution in [0.15, 0.2) is 35.7 Å². The fourth-order valence-corrected chi connectivity index (χ4v) is 5.51. The Hall–Kier alpha value is -2.78. The van der Waals surface area contributed by atoms with E-state index >= 15 is 0 Å². The summed E-state index contributed by atoms with van der Waals surface area (Å²) in [7, 11) is 1.62. The zero-order chi connectivity index (χ0) is 24.8. The van der Waals surface area contributed by atoms with Gasteiger partial charge in [-0.1, -0.05) is 6.07 Å². The highest BCUT2D eigenvalue weighted by Gasteiger charge is 2.34. The van der Waals surface area contributed by atoms with Crippen molar-refractivity contribution in [2.45, 2.75) is 51.3 Å². The second-order valence-corrected chi connectivity index (χ2v) is 10.3. The number of urea groups is 1. The molecule has 2 unspecified atom stereocenters. The van der Waals surface area contributed by atoms with E-state index in [1.165, 1.54) is 4.88 Å². The fourth-order valence-electron chi connectivity index (χ4n) is 4.59. The first kappa shape index (κ1) is 25.3. The molecule has 190 valence electrons. The molecule has 0 bridgehead atoms. The van der Waals surface area contributed by atoms with Gasteiger partial charge in [0.25, 0.3) is 0 Å². The highest BCUT2D eigenvalue weighted by Crippen LogP contribution is 2.34. The van der Waals surface area contributed by atoms with Crippen LogP contribution in [0, 0.1) is 0 Å². The van der Waals surface area contributed by atoms with Gasteiger partial charge in [0.1, 0.15) is 24.7 Å². The van der Waals surface area contributed by atoms with Crippen LogP contribution in [0.25, 0.3) is 0 Å². The lowest BCUT2D eigenvalue weighted by Gasteiger charge is -2.37. The van der Waals surface area contributed by atoms with Crippen LogP contribution < -0.4 is 14.8 Å². The van der Waals surface area contributed by atoms with Crippen molar-refractivity contribution in [1.82, 2.24) is 15.1 Å². The average Bonchev–Trinajstić information content (AvgIpc) is 3.53. The SMILES string of the molecule is COc1cccc(OCC2c3ccsc3CCN2C(=O)CN(CC2CCCO2)C(=O)NC(C)C)c1. The van der Waals surface area contributed by atoms with Crippen molar-refractivity contribution in [2.24, 2.45) is 0 Å². The standard InChI is InChI=1S/C26H35N3O5S/c1-18(2)27-26(31)28(15-21-8-5-12-33-21)16-25(30)29-11-9-24-22(10-13-35-24)23(29)17-34-20-7-4-6-19(14-20)32-3/h4,6-7,10,13-14,18,21,23H,5,8-9,11-12,15-17H2,1-3H3,(H,27,31). The number of nitrogens with one attached hydrogen (secondary N) is 1. The van der Waals surface area contributed by atoms with E-state index in [2.05, 4.69) is 16.8 Å². The van der Waals surface area contributed by atoms with Crippen molar-refractivity contribution in [3.05, 3.63) is 46.2 Å². The summed E-state index contributed by atoms with van der Waals surface area (Å²) in [6, 6.07) is 9.07. The maximum Gasteiger partial charge on any atom is 0.318 e. The minimum absolute atomic E-state index is 0.00748. The summed E-state index contributed by atoms with van der Waals surface area (Å²) in [6.45, 7) is 5.87. The minimum Gasteiger partial charge on any atom is -0.497 e. The van der Waals surface area contributed by atoms with Crippen molar-refractivity contribution in [1.29, 1.82) is 0 Å². The number of thiophene rings is 1. The predicted molar refractivity (Wildman–Crippen MR) is 135 cm³/mol. The highest BCUT2D eigenvalue weighted by molar-refractivity contribution is 7.10. The van der Waals surface area contributed by atoms with Crippen molar-refractivity contribution < 1.29 is 23.8 Å². The Balaban J connectivity index is 1.49. The van der Waals surface area contributed by atoms with Gasteiger partial charge in [0.05, 0.1) is 19.3 Å². The number of ether oxygens (including phenoxy) is 3. The van der Waals surface area contributed by atoms with Crippen LogP contribution in [-0.2, 0) is 16.0 Å². The second-order valence-electron chi connectivity index (χ2n) is 9.26. The van der Waals surface area contributed by atoms with Gasteiger partial charge in [-0.25, -0.2) is 4.79 Å². The number of benzene rings is 1. The molecule has 35 heavy (non-hydrogen) atoms. The van der Waals surface area contributed by atoms with Gasteiger partial charge in [0.2, 0.25) is 5.91 Å². The third-order valence-corrected chi connectivity index (χ3v) is 7.33. The van der Waals surface area contributed by atoms with Gasteiger partial charge < -0.3 is 29.3 Å². The number of amides is 3. The molecule has 2 aromatic rings. The lowest BCUT2D eigenvalue weighted by Crippen LogP contribution is -2.52. The van der Waals surface area contributed by atoms with Crippen LogP contribution >= 0.6 is 11.3 Å². The highest BCUT2D eigenvalue weighted by atomic mass is 32.1. The molecule has 8 nitrogen and oxygen atoms in total. The number of carbonyl (C=O) groups is 2. The molecule has 1 aromatic carbocycles. The summed E-state index contributed by atoms with van der Waals surface area (Å²) in [6.07, 6.45) is 2.66. The van der Waals surface area contributed by atoms with Crippen LogP contribution in [0.5, 0.6) is 11.5 Å². The normalized spacial score (nSPS) is 19.4. The third kappa shape index (κ3) is 6.46. The van der Waals surface area contributed by atoms with Gasteiger partial charge in [-0.05, 0) is 62.3 Å². The maximum atomic E-state index is 13.6. The number of carbonyl (C=O) groups excluding carboxylic acids is 2. The van der Waals surface area contributed by atoms with Crippen LogP contribution in [0.4, 0.5) is 4.79 Å². The molecule has 1 N–H and O–H groups in total. The quantitative estimate of drug-likeness (QED) is 0.564. The summed E-state index contributed by atoms with van der Waals surface area (Å²) in [5.74, 6) is 1.32. The zero-order valence-electron chi connectivity index (χ0n) is 20.7. The molecular formula is C26H35N3O5S. The molecule has 4 rings (SSSR count). The molecule has 3 amide bonds. The smallest absolute Gasteiger partial charge is 0.318 e. The number of methoxy groups -OCH3 is 1. The molecule has 0 spiro atoms. The van der Waals surface area contributed by atoms with E-state index < -0.39 is 0 Å². The third-order valence-electron chi connectivity index (χ3n) is 6.34. The van der Waals surface area contributed by atoms with Crippen molar-refractivity contribution in [3.63, 3.8) is 0 Å². The fraction of sp³-hybridized carbons (Fsp3) is 0.538. The molecule has 1 fully saturated rings. The van der Waals surface area contributed by atoms with Crippen LogP contribution in [0.2, 0.25) is 0 Å². The first-order valence-corrected chi connectivity index (χ1v) is 13.1. The molecule has 0 aliphatic carbocycles. The molecule has 3 heterocycles. The van der Waals surface area contributed by atoms with Crippen molar-refractivity contribution in [3.8, 4) is 11.5 Å². The van der Waals surface area contributed by atoms with E-state index in [9.17, 15) is 9.59 Å². The number of hydrogen-bond acceptors (Lipinski definition) is 6. The molecule has 2 atom stereocenters. The molecular weight excluding hydrogens is 466 g/mol. The Kier molecular flexibility index (Phi) is 8.51. The first-order chi connectivity index (χ1) is 16.9. The Labute approximate surface area is 211 Å². The van der Waals surface area contributed by atoms with Gasteiger partial charge >= 0.3 is 6.03 Å². The van der Waals surface area contributed by atoms with Gasteiger partial charge in [0.15, 0.2) is 0 Å².